The first-order chi connectivity index (χ1) is 23.1. The maximum Gasteiger partial charge on any atom is 0.459 e. The maximum atomic E-state index is 13.9. The fourth-order valence-corrected chi connectivity index (χ4v) is 6.33. The second kappa shape index (κ2) is 15.9. The zero-order valence-corrected chi connectivity index (χ0v) is 27.3. The number of halogens is 1. The van der Waals surface area contributed by atoms with Crippen molar-refractivity contribution in [2.75, 3.05) is 18.5 Å². The van der Waals surface area contributed by atoms with Crippen LogP contribution in [0.4, 0.5) is 10.2 Å². The highest BCUT2D eigenvalue weighted by Gasteiger charge is 2.33. The molecule has 4 N–H and O–H groups in total. The summed E-state index contributed by atoms with van der Waals surface area (Å²) < 4.78 is 45.8. The van der Waals surface area contributed by atoms with Crippen LogP contribution in [-0.2, 0) is 36.4 Å². The van der Waals surface area contributed by atoms with Crippen LogP contribution in [0.25, 0.3) is 11.2 Å². The lowest BCUT2D eigenvalue weighted by Crippen LogP contribution is -2.37. The first-order valence-electron chi connectivity index (χ1n) is 15.4. The van der Waals surface area contributed by atoms with Crippen molar-refractivity contribution in [1.29, 1.82) is 0 Å². The average molecular weight is 678 g/mol. The summed E-state index contributed by atoms with van der Waals surface area (Å²) in [5, 5.41) is 5.38. The molecule has 0 bridgehead atoms. The number of anilines is 1. The summed E-state index contributed by atoms with van der Waals surface area (Å²) in [6, 6.07) is 12.2. The number of nitrogens with one attached hydrogen (secondary N) is 2. The lowest BCUT2D eigenvalue weighted by molar-refractivity contribution is -0.146. The fourth-order valence-electron chi connectivity index (χ4n) is 4.85. The molecule has 2 aromatic carbocycles. The van der Waals surface area contributed by atoms with Crippen molar-refractivity contribution in [1.82, 2.24) is 24.6 Å². The molecule has 252 valence electrons. The number of para-hydroxylation sites is 1. The first-order valence-corrected chi connectivity index (χ1v) is 16.9. The van der Waals surface area contributed by atoms with Crippen molar-refractivity contribution < 1.29 is 32.3 Å². The minimum absolute atomic E-state index is 0.0376. The molecule has 2 heterocycles. The minimum atomic E-state index is -4.10. The van der Waals surface area contributed by atoms with Gasteiger partial charge in [0.15, 0.2) is 17.0 Å². The van der Waals surface area contributed by atoms with Gasteiger partial charge in [-0.2, -0.15) is 5.09 Å². The highest BCUT2D eigenvalue weighted by molar-refractivity contribution is 7.52. The van der Waals surface area contributed by atoms with Gasteiger partial charge in [0, 0.05) is 12.5 Å². The zero-order valence-electron chi connectivity index (χ0n) is 26.4. The van der Waals surface area contributed by atoms with Gasteiger partial charge in [-0.25, -0.2) is 23.9 Å². The number of aromatic nitrogens is 4. The molecule has 2 aromatic heterocycles. The second-order valence-corrected chi connectivity index (χ2v) is 13.0. The van der Waals surface area contributed by atoms with Gasteiger partial charge in [-0.3, -0.25) is 14.1 Å². The number of hydrogen-bond acceptors (Lipinski definition) is 10. The third-order valence-electron chi connectivity index (χ3n) is 7.59. The van der Waals surface area contributed by atoms with E-state index >= 15 is 0 Å². The SMILES string of the molecule is CC(NP(=O)(OCCn1cnc2c(NC(=O)C(N)Cc3ccc(F)cc3)ncnc21)Oc1ccccc1)C(=O)OCC1C=CC=CC1C. The number of carbonyl (C=O) groups excluding carboxylic acids is 2. The number of hydrogen-bond donors (Lipinski definition) is 3. The van der Waals surface area contributed by atoms with E-state index in [1.54, 1.807) is 47.0 Å². The fraction of sp³-hybridized carbons (Fsp3) is 0.303. The number of amides is 1. The summed E-state index contributed by atoms with van der Waals surface area (Å²) in [4.78, 5) is 38.4. The van der Waals surface area contributed by atoms with Gasteiger partial charge in [-0.05, 0) is 49.1 Å². The van der Waals surface area contributed by atoms with Gasteiger partial charge in [0.05, 0.1) is 25.6 Å². The van der Waals surface area contributed by atoms with Crippen molar-refractivity contribution >= 4 is 36.6 Å². The van der Waals surface area contributed by atoms with Crippen molar-refractivity contribution in [3.8, 4) is 5.75 Å². The van der Waals surface area contributed by atoms with Crippen LogP contribution >= 0.6 is 7.75 Å². The van der Waals surface area contributed by atoms with E-state index in [-0.39, 0.29) is 55.4 Å². The standard InChI is InChI=1S/C33H37FN7O6P/c1-22-8-6-7-9-25(22)19-45-33(43)23(2)40-48(44,47-27-10-4-3-5-11-27)46-17-16-41-21-38-29-30(36-20-37-31(29)41)39-32(42)28(35)18-24-12-14-26(34)15-13-24/h3-15,20-23,25,28H,16-19,35H2,1-2H3,(H,40,44)(H,36,37,39,42). The molecule has 1 aliphatic rings. The number of nitrogens with zero attached hydrogens (tertiary/aromatic N) is 4. The molecule has 0 saturated carbocycles. The molecular formula is C33H37FN7O6P. The normalized spacial score (nSPS) is 18.2. The van der Waals surface area contributed by atoms with E-state index in [1.165, 1.54) is 31.7 Å². The number of rotatable bonds is 15. The smallest absolute Gasteiger partial charge is 0.459 e. The van der Waals surface area contributed by atoms with E-state index in [4.69, 9.17) is 19.5 Å². The molecule has 1 aliphatic carbocycles. The molecular weight excluding hydrogens is 640 g/mol. The molecule has 13 nitrogen and oxygen atoms in total. The Hall–Kier alpha value is -4.75. The van der Waals surface area contributed by atoms with Gasteiger partial charge < -0.3 is 24.9 Å². The Morgan fingerprint density at radius 2 is 1.81 bits per heavy atom. The van der Waals surface area contributed by atoms with E-state index in [0.29, 0.717) is 16.7 Å². The van der Waals surface area contributed by atoms with Crippen molar-refractivity contribution in [3.63, 3.8) is 0 Å². The summed E-state index contributed by atoms with van der Waals surface area (Å²) in [7, 11) is -4.10. The monoisotopic (exact) mass is 677 g/mol. The average Bonchev–Trinajstić information content (AvgIpc) is 3.49. The van der Waals surface area contributed by atoms with E-state index in [0.717, 1.165) is 0 Å². The summed E-state index contributed by atoms with van der Waals surface area (Å²) in [6.45, 7) is 3.74. The molecule has 0 spiro atoms. The molecule has 48 heavy (non-hydrogen) atoms. The van der Waals surface area contributed by atoms with Crippen molar-refractivity contribution in [2.24, 2.45) is 17.6 Å². The molecule has 1 amide bonds. The lowest BCUT2D eigenvalue weighted by Gasteiger charge is -2.24. The van der Waals surface area contributed by atoms with Crippen LogP contribution in [-0.4, -0.2) is 56.7 Å². The lowest BCUT2D eigenvalue weighted by atomic mass is 9.91. The number of imidazole rings is 1. The molecule has 5 atom stereocenters. The van der Waals surface area contributed by atoms with Crippen LogP contribution in [0.2, 0.25) is 0 Å². The zero-order chi connectivity index (χ0) is 34.1. The summed E-state index contributed by atoms with van der Waals surface area (Å²) in [5.74, 6) is -0.804. The molecule has 0 aliphatic heterocycles. The molecule has 4 aromatic rings. The van der Waals surface area contributed by atoms with E-state index in [1.807, 2.05) is 31.2 Å². The van der Waals surface area contributed by atoms with Crippen molar-refractivity contribution in [3.05, 3.63) is 103 Å². The molecule has 0 saturated heterocycles. The highest BCUT2D eigenvalue weighted by atomic mass is 31.2. The molecule has 5 rings (SSSR count). The van der Waals surface area contributed by atoms with Crippen molar-refractivity contribution in [2.45, 2.75) is 38.9 Å². The Bertz CT molecular complexity index is 1820. The van der Waals surface area contributed by atoms with Gasteiger partial charge >= 0.3 is 13.7 Å². The third-order valence-corrected chi connectivity index (χ3v) is 9.27. The third kappa shape index (κ3) is 9.20. The predicted octanol–water partition coefficient (Wildman–Crippen LogP) is 4.58. The van der Waals surface area contributed by atoms with Crippen LogP contribution in [0.3, 0.4) is 0 Å². The van der Waals surface area contributed by atoms with E-state index < -0.39 is 31.7 Å². The highest BCUT2D eigenvalue weighted by Crippen LogP contribution is 2.45. The summed E-state index contributed by atoms with van der Waals surface area (Å²) in [5.41, 5.74) is 7.47. The van der Waals surface area contributed by atoms with E-state index in [9.17, 15) is 18.5 Å². The maximum absolute atomic E-state index is 13.9. The Morgan fingerprint density at radius 1 is 1.06 bits per heavy atom. The predicted molar refractivity (Wildman–Crippen MR) is 177 cm³/mol. The number of allylic oxidation sites excluding steroid dienone is 3. The topological polar surface area (TPSA) is 173 Å². The number of nitrogens with two attached hydrogens (primary N) is 1. The Morgan fingerprint density at radius 3 is 2.56 bits per heavy atom. The molecule has 5 unspecified atom stereocenters. The molecule has 15 heteroatoms. The van der Waals surface area contributed by atoms with Gasteiger partial charge in [0.1, 0.15) is 23.9 Å². The van der Waals surface area contributed by atoms with Gasteiger partial charge in [-0.1, -0.05) is 61.6 Å². The number of esters is 1. The number of ether oxygens (including phenoxy) is 1. The van der Waals surface area contributed by atoms with Gasteiger partial charge in [-0.15, -0.1) is 0 Å². The minimum Gasteiger partial charge on any atom is -0.464 e. The number of benzene rings is 2. The Kier molecular flexibility index (Phi) is 11.5. The van der Waals surface area contributed by atoms with Crippen LogP contribution in [0, 0.1) is 17.7 Å². The van der Waals surface area contributed by atoms with E-state index in [2.05, 4.69) is 25.4 Å². The van der Waals surface area contributed by atoms with Crippen LogP contribution < -0.4 is 20.7 Å². The number of carbonyl (C=O) groups is 2. The summed E-state index contributed by atoms with van der Waals surface area (Å²) >= 11 is 0. The first kappa shape index (κ1) is 34.6. The number of fused-ring (bicyclic) bond motifs is 1. The van der Waals surface area contributed by atoms with Gasteiger partial charge in [0.2, 0.25) is 5.91 Å². The Labute approximate surface area is 277 Å². The van der Waals surface area contributed by atoms with Crippen LogP contribution in [0.15, 0.2) is 91.6 Å². The van der Waals surface area contributed by atoms with Gasteiger partial charge in [0.25, 0.3) is 0 Å². The second-order valence-electron chi connectivity index (χ2n) is 11.3. The van der Waals surface area contributed by atoms with Crippen LogP contribution in [0.1, 0.15) is 19.4 Å². The summed E-state index contributed by atoms with van der Waals surface area (Å²) in [6.07, 6.45) is 10.8. The Balaban J connectivity index is 1.21. The largest absolute Gasteiger partial charge is 0.464 e. The molecule has 0 radical (unpaired) electrons. The quantitative estimate of drug-likeness (QED) is 0.119. The molecule has 0 fully saturated rings. The van der Waals surface area contributed by atoms with Crippen LogP contribution in [0.5, 0.6) is 5.75 Å².